The molecule has 1 heterocycles. The van der Waals surface area contributed by atoms with E-state index in [1.54, 1.807) is 6.92 Å². The van der Waals surface area contributed by atoms with E-state index in [0.717, 1.165) is 0 Å². The SMILES string of the molecule is COC[C@H](OC(=O)[C@H](C)CC(=O)c1nccc(OC)c1OCOC(C)=O)[C@H](Oc1ccccc1)C(C)C. The van der Waals surface area contributed by atoms with Crippen molar-refractivity contribution in [3.63, 3.8) is 0 Å². The van der Waals surface area contributed by atoms with Crippen LogP contribution in [-0.2, 0) is 23.8 Å². The van der Waals surface area contributed by atoms with E-state index in [9.17, 15) is 14.4 Å². The number of para-hydroxylation sites is 1. The van der Waals surface area contributed by atoms with E-state index in [1.807, 2.05) is 44.2 Å². The molecule has 0 saturated heterocycles. The van der Waals surface area contributed by atoms with Gasteiger partial charge in [-0.1, -0.05) is 39.0 Å². The zero-order valence-corrected chi connectivity index (χ0v) is 22.1. The Morgan fingerprint density at radius 3 is 2.30 bits per heavy atom. The predicted octanol–water partition coefficient (Wildman–Crippen LogP) is 3.86. The summed E-state index contributed by atoms with van der Waals surface area (Å²) in [7, 11) is 2.92. The molecular formula is C27H35NO9. The Morgan fingerprint density at radius 1 is 1.00 bits per heavy atom. The van der Waals surface area contributed by atoms with Crippen molar-refractivity contribution in [3.05, 3.63) is 48.3 Å². The summed E-state index contributed by atoms with van der Waals surface area (Å²) in [6, 6.07) is 10.7. The van der Waals surface area contributed by atoms with Gasteiger partial charge < -0.3 is 28.4 Å². The Bertz CT molecular complexity index is 1030. The van der Waals surface area contributed by atoms with Crippen LogP contribution in [0.2, 0.25) is 0 Å². The van der Waals surface area contributed by atoms with Crippen molar-refractivity contribution in [2.45, 2.75) is 46.3 Å². The van der Waals surface area contributed by atoms with E-state index >= 15 is 0 Å². The molecule has 2 rings (SSSR count). The maximum Gasteiger partial charge on any atom is 0.309 e. The molecule has 1 aromatic carbocycles. The topological polar surface area (TPSA) is 119 Å². The van der Waals surface area contributed by atoms with Crippen molar-refractivity contribution < 1.29 is 42.8 Å². The molecule has 2 aromatic rings. The lowest BCUT2D eigenvalue weighted by atomic mass is 10.00. The third-order valence-corrected chi connectivity index (χ3v) is 5.35. The second-order valence-electron chi connectivity index (χ2n) is 8.69. The van der Waals surface area contributed by atoms with Gasteiger partial charge in [0.05, 0.1) is 19.6 Å². The van der Waals surface area contributed by atoms with Crippen molar-refractivity contribution in [1.82, 2.24) is 4.98 Å². The van der Waals surface area contributed by atoms with Crippen molar-refractivity contribution in [2.24, 2.45) is 11.8 Å². The van der Waals surface area contributed by atoms with E-state index in [1.165, 1.54) is 33.4 Å². The van der Waals surface area contributed by atoms with Crippen molar-refractivity contribution in [3.8, 4) is 17.2 Å². The Labute approximate surface area is 217 Å². The number of benzene rings is 1. The van der Waals surface area contributed by atoms with Gasteiger partial charge >= 0.3 is 11.9 Å². The first-order chi connectivity index (χ1) is 17.7. The van der Waals surface area contributed by atoms with Gasteiger partial charge in [0.1, 0.15) is 11.9 Å². The fourth-order valence-corrected chi connectivity index (χ4v) is 3.48. The first-order valence-corrected chi connectivity index (χ1v) is 11.9. The minimum absolute atomic E-state index is 0.00278. The van der Waals surface area contributed by atoms with Gasteiger partial charge in [-0.05, 0) is 18.1 Å². The number of nitrogens with zero attached hydrogens (tertiary/aromatic N) is 1. The summed E-state index contributed by atoms with van der Waals surface area (Å²) in [5, 5.41) is 0. The Morgan fingerprint density at radius 2 is 1.70 bits per heavy atom. The van der Waals surface area contributed by atoms with Crippen molar-refractivity contribution in [2.75, 3.05) is 27.6 Å². The van der Waals surface area contributed by atoms with Gasteiger partial charge in [-0.15, -0.1) is 0 Å². The van der Waals surface area contributed by atoms with E-state index < -0.39 is 42.6 Å². The van der Waals surface area contributed by atoms with Crippen LogP contribution in [0.4, 0.5) is 0 Å². The van der Waals surface area contributed by atoms with Crippen LogP contribution < -0.4 is 14.2 Å². The zero-order chi connectivity index (χ0) is 27.4. The van der Waals surface area contributed by atoms with Crippen molar-refractivity contribution in [1.29, 1.82) is 0 Å². The molecule has 37 heavy (non-hydrogen) atoms. The van der Waals surface area contributed by atoms with Crippen LogP contribution in [0.25, 0.3) is 0 Å². The number of hydrogen-bond donors (Lipinski definition) is 0. The highest BCUT2D eigenvalue weighted by Gasteiger charge is 2.33. The fraction of sp³-hybridized carbons (Fsp3) is 0.481. The molecule has 1 aromatic heterocycles. The Balaban J connectivity index is 2.13. The highest BCUT2D eigenvalue weighted by molar-refractivity contribution is 5.99. The molecule has 0 saturated carbocycles. The maximum absolute atomic E-state index is 13.1. The number of pyridine rings is 1. The molecule has 0 aliphatic heterocycles. The van der Waals surface area contributed by atoms with E-state index in [0.29, 0.717) is 5.75 Å². The number of rotatable bonds is 15. The molecule has 10 nitrogen and oxygen atoms in total. The van der Waals surface area contributed by atoms with Crippen LogP contribution in [0, 0.1) is 11.8 Å². The first kappa shape index (κ1) is 29.6. The predicted molar refractivity (Wildman–Crippen MR) is 134 cm³/mol. The first-order valence-electron chi connectivity index (χ1n) is 11.9. The minimum atomic E-state index is -0.800. The lowest BCUT2D eigenvalue weighted by Gasteiger charge is -2.30. The van der Waals surface area contributed by atoms with E-state index in [2.05, 4.69) is 4.98 Å². The van der Waals surface area contributed by atoms with Crippen LogP contribution in [0.5, 0.6) is 17.2 Å². The average molecular weight is 518 g/mol. The normalized spacial score (nSPS) is 13.3. The summed E-state index contributed by atoms with van der Waals surface area (Å²) in [5.74, 6) is -1.49. The van der Waals surface area contributed by atoms with Crippen LogP contribution in [0.1, 0.15) is 44.6 Å². The molecule has 3 atom stereocenters. The summed E-state index contributed by atoms with van der Waals surface area (Å²) >= 11 is 0. The molecule has 0 fully saturated rings. The lowest BCUT2D eigenvalue weighted by molar-refractivity contribution is -0.163. The van der Waals surface area contributed by atoms with Gasteiger partial charge in [0.2, 0.25) is 6.79 Å². The number of aromatic nitrogens is 1. The lowest BCUT2D eigenvalue weighted by Crippen LogP contribution is -2.43. The molecule has 0 aliphatic carbocycles. The van der Waals surface area contributed by atoms with Gasteiger partial charge in [0.25, 0.3) is 0 Å². The maximum atomic E-state index is 13.1. The van der Waals surface area contributed by atoms with Crippen LogP contribution in [0.15, 0.2) is 42.6 Å². The highest BCUT2D eigenvalue weighted by atomic mass is 16.7. The third-order valence-electron chi connectivity index (χ3n) is 5.35. The number of methoxy groups -OCH3 is 2. The van der Waals surface area contributed by atoms with Crippen LogP contribution in [-0.4, -0.2) is 62.5 Å². The Hall–Kier alpha value is -3.66. The fourth-order valence-electron chi connectivity index (χ4n) is 3.48. The monoisotopic (exact) mass is 517 g/mol. The summed E-state index contributed by atoms with van der Waals surface area (Å²) in [4.78, 5) is 41.3. The summed E-state index contributed by atoms with van der Waals surface area (Å²) in [6.07, 6.45) is 0.00810. The number of esters is 2. The second-order valence-corrected chi connectivity index (χ2v) is 8.69. The largest absolute Gasteiger partial charge is 0.493 e. The van der Waals surface area contributed by atoms with Gasteiger partial charge in [-0.3, -0.25) is 14.4 Å². The van der Waals surface area contributed by atoms with Gasteiger partial charge in [-0.25, -0.2) is 4.98 Å². The molecule has 0 bridgehead atoms. The van der Waals surface area contributed by atoms with Gasteiger partial charge in [0.15, 0.2) is 29.1 Å². The quantitative estimate of drug-likeness (QED) is 0.196. The number of ketones is 1. The molecule has 202 valence electrons. The summed E-state index contributed by atoms with van der Waals surface area (Å²) < 4.78 is 32.7. The summed E-state index contributed by atoms with van der Waals surface area (Å²) in [6.45, 7) is 6.44. The smallest absolute Gasteiger partial charge is 0.309 e. The molecule has 0 spiro atoms. The second kappa shape index (κ2) is 14.8. The van der Waals surface area contributed by atoms with Gasteiger partial charge in [-0.2, -0.15) is 0 Å². The number of hydrogen-bond acceptors (Lipinski definition) is 10. The summed E-state index contributed by atoms with van der Waals surface area (Å²) in [5.41, 5.74) is -0.0490. The van der Waals surface area contributed by atoms with Crippen LogP contribution in [0.3, 0.4) is 0 Å². The molecule has 0 amide bonds. The standard InChI is InChI=1S/C27H35NO9/c1-17(2)25(36-20-10-8-7-9-11-20)23(15-32-5)37-27(31)18(3)14-21(30)24-26(35-16-34-19(4)29)22(33-6)12-13-28-24/h7-13,17-18,23,25H,14-16H2,1-6H3/t18-,23+,25-/m1/s1. The molecule has 0 aliphatic rings. The molecule has 0 N–H and O–H groups in total. The minimum Gasteiger partial charge on any atom is -0.493 e. The highest BCUT2D eigenvalue weighted by Crippen LogP contribution is 2.31. The molecule has 0 unspecified atom stereocenters. The molecular weight excluding hydrogens is 482 g/mol. The van der Waals surface area contributed by atoms with E-state index in [-0.39, 0.29) is 36.1 Å². The van der Waals surface area contributed by atoms with E-state index in [4.69, 9.17) is 28.4 Å². The molecule has 10 heteroatoms. The zero-order valence-electron chi connectivity index (χ0n) is 22.1. The number of ether oxygens (including phenoxy) is 6. The molecule has 0 radical (unpaired) electrons. The van der Waals surface area contributed by atoms with Crippen molar-refractivity contribution >= 4 is 17.7 Å². The Kier molecular flexibility index (Phi) is 11.8. The number of Topliss-reactive ketones (excluding diaryl/α,β-unsaturated/α-hetero) is 1. The third kappa shape index (κ3) is 9.05. The van der Waals surface area contributed by atoms with Gasteiger partial charge in [0, 0.05) is 32.7 Å². The number of carbonyl (C=O) groups is 3. The average Bonchev–Trinajstić information content (AvgIpc) is 2.87. The number of carbonyl (C=O) groups excluding carboxylic acids is 3. The van der Waals surface area contributed by atoms with Crippen LogP contribution >= 0.6 is 0 Å².